The lowest BCUT2D eigenvalue weighted by Crippen LogP contribution is -2.14. The standard InChI is InChI=1S/C25H20O/c26-25-21-16-20(17-10-4-1-5-11-17)24(25)23(19-14-8-3-9-15-19)22(21)18-12-6-2-7-13-18/h1-15,20-21,24H,16H2/t20-,21+,24-/m1/s1. The molecule has 26 heavy (non-hydrogen) atoms. The summed E-state index contributed by atoms with van der Waals surface area (Å²) in [5, 5.41) is 0. The van der Waals surface area contributed by atoms with Gasteiger partial charge < -0.3 is 0 Å². The van der Waals surface area contributed by atoms with Crippen LogP contribution >= 0.6 is 0 Å². The minimum atomic E-state index is -0.0278. The molecule has 5 rings (SSSR count). The average molecular weight is 336 g/mol. The fourth-order valence-corrected chi connectivity index (χ4v) is 4.84. The minimum Gasteiger partial charge on any atom is -0.298 e. The molecule has 0 saturated heterocycles. The Kier molecular flexibility index (Phi) is 3.60. The maximum Gasteiger partial charge on any atom is 0.148 e. The van der Waals surface area contributed by atoms with Crippen molar-refractivity contribution in [3.05, 3.63) is 108 Å². The van der Waals surface area contributed by atoms with Crippen LogP contribution in [-0.2, 0) is 4.79 Å². The number of allylic oxidation sites excluding steroid dienone is 2. The van der Waals surface area contributed by atoms with Gasteiger partial charge in [0.1, 0.15) is 5.78 Å². The number of Topliss-reactive ketones (excluding diaryl/α,β-unsaturated/α-hetero) is 1. The topological polar surface area (TPSA) is 17.1 Å². The van der Waals surface area contributed by atoms with Crippen molar-refractivity contribution >= 4 is 16.9 Å². The first-order valence-corrected chi connectivity index (χ1v) is 9.28. The molecule has 1 saturated carbocycles. The maximum absolute atomic E-state index is 13.3. The summed E-state index contributed by atoms with van der Waals surface area (Å²) in [5.74, 6) is 0.677. The first-order chi connectivity index (χ1) is 12.8. The summed E-state index contributed by atoms with van der Waals surface area (Å²) >= 11 is 0. The van der Waals surface area contributed by atoms with Gasteiger partial charge in [0.25, 0.3) is 0 Å². The molecule has 3 aromatic carbocycles. The molecule has 126 valence electrons. The van der Waals surface area contributed by atoms with Gasteiger partial charge in [0.15, 0.2) is 0 Å². The third-order valence-corrected chi connectivity index (χ3v) is 5.89. The van der Waals surface area contributed by atoms with E-state index in [1.54, 1.807) is 0 Å². The summed E-state index contributed by atoms with van der Waals surface area (Å²) in [6.45, 7) is 0. The fraction of sp³-hybridized carbons (Fsp3) is 0.160. The maximum atomic E-state index is 13.3. The molecule has 0 aromatic heterocycles. The van der Waals surface area contributed by atoms with Gasteiger partial charge in [-0.1, -0.05) is 91.0 Å². The molecule has 0 heterocycles. The molecule has 3 atom stereocenters. The summed E-state index contributed by atoms with van der Waals surface area (Å²) in [6, 6.07) is 31.5. The highest BCUT2D eigenvalue weighted by atomic mass is 16.1. The van der Waals surface area contributed by atoms with Gasteiger partial charge in [0.05, 0.1) is 5.92 Å². The Morgan fingerprint density at radius 2 is 1.12 bits per heavy atom. The van der Waals surface area contributed by atoms with E-state index in [1.807, 2.05) is 18.2 Å². The highest BCUT2D eigenvalue weighted by Crippen LogP contribution is 2.59. The van der Waals surface area contributed by atoms with Crippen molar-refractivity contribution in [2.45, 2.75) is 12.3 Å². The molecule has 1 fully saturated rings. The second-order valence-electron chi connectivity index (χ2n) is 7.24. The zero-order valence-corrected chi connectivity index (χ0v) is 14.5. The molecule has 2 aliphatic carbocycles. The Labute approximate surface area is 154 Å². The Morgan fingerprint density at radius 3 is 1.69 bits per heavy atom. The van der Waals surface area contributed by atoms with Gasteiger partial charge in [-0.25, -0.2) is 0 Å². The van der Waals surface area contributed by atoms with Crippen LogP contribution < -0.4 is 0 Å². The minimum absolute atomic E-state index is 0.0165. The molecule has 3 aromatic rings. The second-order valence-corrected chi connectivity index (χ2v) is 7.24. The molecule has 0 spiro atoms. The Hall–Kier alpha value is -2.93. The van der Waals surface area contributed by atoms with E-state index in [2.05, 4.69) is 72.8 Å². The molecule has 0 radical (unpaired) electrons. The van der Waals surface area contributed by atoms with Gasteiger partial charge in [0.2, 0.25) is 0 Å². The lowest BCUT2D eigenvalue weighted by atomic mass is 9.76. The normalized spacial score (nSPS) is 24.3. The monoisotopic (exact) mass is 336 g/mol. The molecule has 0 aliphatic heterocycles. The summed E-state index contributed by atoms with van der Waals surface area (Å²) in [7, 11) is 0. The summed E-state index contributed by atoms with van der Waals surface area (Å²) < 4.78 is 0. The number of carbonyl (C=O) groups is 1. The molecule has 1 nitrogen and oxygen atoms in total. The lowest BCUT2D eigenvalue weighted by molar-refractivity contribution is -0.120. The van der Waals surface area contributed by atoms with Gasteiger partial charge in [-0.15, -0.1) is 0 Å². The summed E-state index contributed by atoms with van der Waals surface area (Å²) in [6.07, 6.45) is 0.925. The largest absolute Gasteiger partial charge is 0.298 e. The third kappa shape index (κ3) is 2.28. The Morgan fingerprint density at radius 1 is 0.615 bits per heavy atom. The van der Waals surface area contributed by atoms with Crippen molar-refractivity contribution in [1.82, 2.24) is 0 Å². The van der Waals surface area contributed by atoms with Crippen molar-refractivity contribution in [1.29, 1.82) is 0 Å². The van der Waals surface area contributed by atoms with Gasteiger partial charge in [-0.3, -0.25) is 4.79 Å². The molecule has 2 bridgehead atoms. The first kappa shape index (κ1) is 15.3. The van der Waals surface area contributed by atoms with Crippen molar-refractivity contribution in [2.75, 3.05) is 0 Å². The first-order valence-electron chi connectivity index (χ1n) is 9.28. The van der Waals surface area contributed by atoms with Crippen LogP contribution in [0.5, 0.6) is 0 Å². The fourth-order valence-electron chi connectivity index (χ4n) is 4.84. The summed E-state index contributed by atoms with van der Waals surface area (Å²) in [4.78, 5) is 13.3. The van der Waals surface area contributed by atoms with Crippen molar-refractivity contribution in [3.8, 4) is 0 Å². The van der Waals surface area contributed by atoms with E-state index in [9.17, 15) is 4.79 Å². The molecular formula is C25H20O. The van der Waals surface area contributed by atoms with E-state index in [0.29, 0.717) is 5.78 Å². The van der Waals surface area contributed by atoms with E-state index in [0.717, 1.165) is 6.42 Å². The predicted octanol–water partition coefficient (Wildman–Crippen LogP) is 5.60. The summed E-state index contributed by atoms with van der Waals surface area (Å²) in [5.41, 5.74) is 6.16. The van der Waals surface area contributed by atoms with Crippen molar-refractivity contribution in [3.63, 3.8) is 0 Å². The smallest absolute Gasteiger partial charge is 0.148 e. The van der Waals surface area contributed by atoms with E-state index in [1.165, 1.54) is 27.8 Å². The van der Waals surface area contributed by atoms with Gasteiger partial charge in [0, 0.05) is 5.92 Å². The molecule has 0 N–H and O–H groups in total. The molecule has 2 aliphatic rings. The third-order valence-electron chi connectivity index (χ3n) is 5.89. The van der Waals surface area contributed by atoms with Gasteiger partial charge >= 0.3 is 0 Å². The highest BCUT2D eigenvalue weighted by molar-refractivity contribution is 6.17. The number of rotatable bonds is 3. The van der Waals surface area contributed by atoms with Crippen LogP contribution in [0.2, 0.25) is 0 Å². The van der Waals surface area contributed by atoms with Crippen LogP contribution in [0, 0.1) is 11.8 Å². The van der Waals surface area contributed by atoms with Crippen LogP contribution in [0.25, 0.3) is 11.1 Å². The van der Waals surface area contributed by atoms with Gasteiger partial charge in [-0.05, 0) is 40.2 Å². The predicted molar refractivity (Wildman–Crippen MR) is 105 cm³/mol. The number of hydrogen-bond donors (Lipinski definition) is 0. The van der Waals surface area contributed by atoms with Crippen LogP contribution in [0.3, 0.4) is 0 Å². The van der Waals surface area contributed by atoms with E-state index in [4.69, 9.17) is 0 Å². The number of hydrogen-bond acceptors (Lipinski definition) is 1. The molecule has 0 amide bonds. The van der Waals surface area contributed by atoms with Crippen LogP contribution in [-0.4, -0.2) is 5.78 Å². The molecule has 0 unspecified atom stereocenters. The van der Waals surface area contributed by atoms with Crippen molar-refractivity contribution in [2.24, 2.45) is 11.8 Å². The average Bonchev–Trinajstić information content (AvgIpc) is 3.20. The van der Waals surface area contributed by atoms with Gasteiger partial charge in [-0.2, -0.15) is 0 Å². The van der Waals surface area contributed by atoms with Crippen molar-refractivity contribution < 1.29 is 4.79 Å². The Bertz CT molecular complexity index is 970. The number of ketones is 1. The van der Waals surface area contributed by atoms with E-state index >= 15 is 0 Å². The quantitative estimate of drug-likeness (QED) is 0.608. The zero-order valence-electron chi connectivity index (χ0n) is 14.5. The van der Waals surface area contributed by atoms with Crippen LogP contribution in [0.1, 0.15) is 29.0 Å². The van der Waals surface area contributed by atoms with E-state index < -0.39 is 0 Å². The Balaban J connectivity index is 1.71. The molecule has 1 heteroatoms. The van der Waals surface area contributed by atoms with Crippen LogP contribution in [0.4, 0.5) is 0 Å². The lowest BCUT2D eigenvalue weighted by Gasteiger charge is -2.27. The zero-order chi connectivity index (χ0) is 17.5. The van der Waals surface area contributed by atoms with E-state index in [-0.39, 0.29) is 17.8 Å². The van der Waals surface area contributed by atoms with Crippen LogP contribution in [0.15, 0.2) is 91.0 Å². The number of fused-ring (bicyclic) bond motifs is 2. The SMILES string of the molecule is O=C1[C@H]2C[C@H](c3ccccc3)[C@@H]1C(c1ccccc1)=C2c1ccccc1. The molecular weight excluding hydrogens is 316 g/mol. The highest BCUT2D eigenvalue weighted by Gasteiger charge is 2.53. The second kappa shape index (κ2) is 6.10. The number of carbonyl (C=O) groups excluding carboxylic acids is 1. The number of benzene rings is 3.